The molecule has 104 valence electrons. The van der Waals surface area contributed by atoms with Gasteiger partial charge in [-0.1, -0.05) is 18.2 Å². The molecule has 0 aliphatic carbocycles. The van der Waals surface area contributed by atoms with Crippen LogP contribution >= 0.6 is 11.9 Å². The van der Waals surface area contributed by atoms with E-state index in [1.54, 1.807) is 0 Å². The van der Waals surface area contributed by atoms with E-state index in [0.717, 1.165) is 4.90 Å². The van der Waals surface area contributed by atoms with Crippen LogP contribution in [-0.4, -0.2) is 31.2 Å². The van der Waals surface area contributed by atoms with Crippen LogP contribution in [0.3, 0.4) is 0 Å². The number of carbonyl (C=O) groups excluding carboxylic acids is 1. The Kier molecular flexibility index (Phi) is 6.80. The van der Waals surface area contributed by atoms with E-state index in [2.05, 4.69) is 9.46 Å². The van der Waals surface area contributed by atoms with Gasteiger partial charge >= 0.3 is 5.97 Å². The highest BCUT2D eigenvalue weighted by atomic mass is 32.2. The maximum atomic E-state index is 11.0. The first kappa shape index (κ1) is 15.4. The number of carbonyl (C=O) groups is 1. The lowest BCUT2D eigenvalue weighted by molar-refractivity contribution is -0.141. The summed E-state index contributed by atoms with van der Waals surface area (Å²) in [5.41, 5.74) is 6.29. The van der Waals surface area contributed by atoms with Crippen LogP contribution in [0, 0.1) is 0 Å². The van der Waals surface area contributed by atoms with Crippen molar-refractivity contribution in [3.8, 4) is 0 Å². The van der Waals surface area contributed by atoms with Crippen molar-refractivity contribution in [2.75, 3.05) is 20.2 Å². The molecule has 5 N–H and O–H groups in total. The summed E-state index contributed by atoms with van der Waals surface area (Å²) in [6.07, 6.45) is 1.50. The average Bonchev–Trinajstić information content (AvgIpc) is 2.39. The number of ether oxygens (including phenoxy) is 1. The average molecular weight is 282 g/mol. The van der Waals surface area contributed by atoms with Crippen LogP contribution in [0.5, 0.6) is 0 Å². The van der Waals surface area contributed by atoms with Crippen LogP contribution in [0.15, 0.2) is 47.1 Å². The second-order valence-corrected chi connectivity index (χ2v) is 4.65. The van der Waals surface area contributed by atoms with Crippen molar-refractivity contribution in [3.05, 3.63) is 42.2 Å². The summed E-state index contributed by atoms with van der Waals surface area (Å²) in [6.45, 7) is 0.414. The molecular formula is C12H18N4O2S. The van der Waals surface area contributed by atoms with Gasteiger partial charge in [-0.25, -0.2) is 5.84 Å². The number of hydrogen-bond donors (Lipinski definition) is 3. The Morgan fingerprint density at radius 2 is 2.16 bits per heavy atom. The van der Waals surface area contributed by atoms with Crippen molar-refractivity contribution in [1.29, 1.82) is 0 Å². The minimum Gasteiger partial charge on any atom is -0.468 e. The van der Waals surface area contributed by atoms with Crippen molar-refractivity contribution in [2.45, 2.75) is 4.90 Å². The number of esters is 1. The molecule has 0 heterocycles. The van der Waals surface area contributed by atoms with E-state index >= 15 is 0 Å². The van der Waals surface area contributed by atoms with Crippen molar-refractivity contribution >= 4 is 17.9 Å². The van der Waals surface area contributed by atoms with Gasteiger partial charge in [0.15, 0.2) is 0 Å². The maximum absolute atomic E-state index is 11.0. The van der Waals surface area contributed by atoms with Gasteiger partial charge in [0, 0.05) is 23.3 Å². The number of nitrogens with one attached hydrogen (secondary N) is 1. The highest BCUT2D eigenvalue weighted by molar-refractivity contribution is 7.97. The zero-order chi connectivity index (χ0) is 14.1. The predicted octanol–water partition coefficient (Wildman–Crippen LogP) is 0.432. The fraction of sp³-hybridized carbons (Fsp3) is 0.250. The molecule has 19 heavy (non-hydrogen) atoms. The van der Waals surface area contributed by atoms with Crippen molar-refractivity contribution < 1.29 is 9.53 Å². The van der Waals surface area contributed by atoms with E-state index in [1.165, 1.54) is 30.3 Å². The fourth-order valence-electron chi connectivity index (χ4n) is 1.21. The topological polar surface area (TPSA) is 93.6 Å². The molecule has 0 aromatic heterocycles. The monoisotopic (exact) mass is 282 g/mol. The second kappa shape index (κ2) is 8.41. The SMILES string of the molecule is COC(=O)CN(N)/C=C(\N)CNSc1ccccc1. The van der Waals surface area contributed by atoms with Gasteiger partial charge in [0.25, 0.3) is 0 Å². The van der Waals surface area contributed by atoms with Crippen LogP contribution in [0.25, 0.3) is 0 Å². The molecule has 0 aliphatic rings. The standard InChI is InChI=1S/C12H18N4O2S/c1-18-12(17)9-16(14)8-10(13)7-15-19-11-5-3-2-4-6-11/h2-6,8,15H,7,9,13-14H2,1H3/b10-8-. The molecule has 0 aliphatic heterocycles. The summed E-state index contributed by atoms with van der Waals surface area (Å²) in [7, 11) is 1.31. The second-order valence-electron chi connectivity index (χ2n) is 3.69. The third-order valence-electron chi connectivity index (χ3n) is 2.08. The number of rotatable bonds is 7. The van der Waals surface area contributed by atoms with Gasteiger partial charge in [0.1, 0.15) is 6.54 Å². The van der Waals surface area contributed by atoms with Crippen molar-refractivity contribution in [3.63, 3.8) is 0 Å². The molecule has 7 heteroatoms. The summed E-state index contributed by atoms with van der Waals surface area (Å²) in [4.78, 5) is 12.1. The molecular weight excluding hydrogens is 264 g/mol. The molecule has 0 atom stereocenters. The van der Waals surface area contributed by atoms with E-state index < -0.39 is 5.97 Å². The van der Waals surface area contributed by atoms with E-state index in [9.17, 15) is 4.79 Å². The van der Waals surface area contributed by atoms with Gasteiger partial charge in [-0.3, -0.25) is 9.52 Å². The van der Waals surface area contributed by atoms with E-state index in [0.29, 0.717) is 12.2 Å². The minimum atomic E-state index is -0.418. The fourth-order valence-corrected chi connectivity index (χ4v) is 1.91. The summed E-state index contributed by atoms with van der Waals surface area (Å²) >= 11 is 1.47. The molecule has 0 fully saturated rings. The van der Waals surface area contributed by atoms with Crippen LogP contribution in [-0.2, 0) is 9.53 Å². The highest BCUT2D eigenvalue weighted by Crippen LogP contribution is 2.12. The van der Waals surface area contributed by atoms with Crippen molar-refractivity contribution in [1.82, 2.24) is 9.73 Å². The van der Waals surface area contributed by atoms with Gasteiger partial charge in [0.05, 0.1) is 7.11 Å². The molecule has 0 saturated carbocycles. The van der Waals surface area contributed by atoms with E-state index in [4.69, 9.17) is 11.6 Å². The zero-order valence-corrected chi connectivity index (χ0v) is 11.5. The molecule has 6 nitrogen and oxygen atoms in total. The van der Waals surface area contributed by atoms with Gasteiger partial charge < -0.3 is 15.5 Å². The van der Waals surface area contributed by atoms with E-state index in [-0.39, 0.29) is 6.54 Å². The van der Waals surface area contributed by atoms with E-state index in [1.807, 2.05) is 30.3 Å². The lowest BCUT2D eigenvalue weighted by Crippen LogP contribution is -2.33. The first-order chi connectivity index (χ1) is 9.11. The maximum Gasteiger partial charge on any atom is 0.326 e. The van der Waals surface area contributed by atoms with Gasteiger partial charge in [-0.05, 0) is 24.1 Å². The van der Waals surface area contributed by atoms with Crippen LogP contribution in [0.4, 0.5) is 0 Å². The Hall–Kier alpha value is -1.70. The number of methoxy groups -OCH3 is 1. The lowest BCUT2D eigenvalue weighted by Gasteiger charge is -2.13. The van der Waals surface area contributed by atoms with Gasteiger partial charge in [-0.2, -0.15) is 0 Å². The van der Waals surface area contributed by atoms with Crippen LogP contribution in [0.2, 0.25) is 0 Å². The Morgan fingerprint density at radius 1 is 1.47 bits per heavy atom. The number of nitrogens with two attached hydrogens (primary N) is 2. The van der Waals surface area contributed by atoms with Gasteiger partial charge in [0.2, 0.25) is 0 Å². The van der Waals surface area contributed by atoms with Crippen molar-refractivity contribution in [2.24, 2.45) is 11.6 Å². The molecule has 0 spiro atoms. The summed E-state index contributed by atoms with van der Waals surface area (Å²) in [5, 5.41) is 1.19. The summed E-state index contributed by atoms with van der Waals surface area (Å²) in [5.74, 6) is 5.16. The molecule has 0 amide bonds. The Labute approximate surface area is 116 Å². The number of nitrogens with zero attached hydrogens (tertiary/aromatic N) is 1. The number of hydrogen-bond acceptors (Lipinski definition) is 7. The van der Waals surface area contributed by atoms with Crippen LogP contribution < -0.4 is 16.3 Å². The predicted molar refractivity (Wildman–Crippen MR) is 75.5 cm³/mol. The smallest absolute Gasteiger partial charge is 0.326 e. The number of benzene rings is 1. The third-order valence-corrected chi connectivity index (χ3v) is 2.88. The highest BCUT2D eigenvalue weighted by Gasteiger charge is 2.03. The van der Waals surface area contributed by atoms with Crippen LogP contribution in [0.1, 0.15) is 0 Å². The molecule has 0 unspecified atom stereocenters. The molecule has 1 aromatic carbocycles. The quantitative estimate of drug-likeness (QED) is 0.289. The zero-order valence-electron chi connectivity index (χ0n) is 10.7. The summed E-state index contributed by atoms with van der Waals surface area (Å²) in [6, 6.07) is 9.86. The molecule has 1 rings (SSSR count). The Bertz CT molecular complexity index is 425. The summed E-state index contributed by atoms with van der Waals surface area (Å²) < 4.78 is 7.59. The molecule has 0 saturated heterocycles. The number of hydrazine groups is 1. The Balaban J connectivity index is 2.30. The van der Waals surface area contributed by atoms with Gasteiger partial charge in [-0.15, -0.1) is 0 Å². The molecule has 0 bridgehead atoms. The largest absolute Gasteiger partial charge is 0.468 e. The molecule has 1 aromatic rings. The first-order valence-corrected chi connectivity index (χ1v) is 6.42. The third kappa shape index (κ3) is 6.70. The first-order valence-electron chi connectivity index (χ1n) is 5.61. The normalized spacial score (nSPS) is 11.2. The lowest BCUT2D eigenvalue weighted by atomic mass is 10.4. The Morgan fingerprint density at radius 3 is 2.79 bits per heavy atom. The molecule has 0 radical (unpaired) electrons. The minimum absolute atomic E-state index is 0.0387.